The molecule has 1 aromatic rings. The molecule has 1 fully saturated rings. The second-order valence-corrected chi connectivity index (χ2v) is 5.70. The average molecular weight is 278 g/mol. The Morgan fingerprint density at radius 1 is 1.26 bits per heavy atom. The number of amides is 1. The van der Waals surface area contributed by atoms with Crippen molar-refractivity contribution in [3.05, 3.63) is 40.9 Å². The van der Waals surface area contributed by atoms with Crippen molar-refractivity contribution < 1.29 is 4.79 Å². The van der Waals surface area contributed by atoms with Gasteiger partial charge in [0.2, 0.25) is 5.91 Å². The third-order valence-corrected chi connectivity index (χ3v) is 3.99. The van der Waals surface area contributed by atoms with E-state index in [9.17, 15) is 4.79 Å². The van der Waals surface area contributed by atoms with Gasteiger partial charge < -0.3 is 5.32 Å². The minimum absolute atomic E-state index is 0.00583. The fraction of sp³-hybridized carbons (Fsp3) is 0.438. The highest BCUT2D eigenvalue weighted by Gasteiger charge is 2.21. The first kappa shape index (κ1) is 14.1. The second kappa shape index (κ2) is 6.76. The van der Waals surface area contributed by atoms with Gasteiger partial charge in [-0.1, -0.05) is 43.5 Å². The zero-order chi connectivity index (χ0) is 13.7. The van der Waals surface area contributed by atoms with Crippen LogP contribution >= 0.6 is 11.6 Å². The molecule has 2 unspecified atom stereocenters. The van der Waals surface area contributed by atoms with Gasteiger partial charge in [0.05, 0.1) is 0 Å². The maximum Gasteiger partial charge on any atom is 0.244 e. The Bertz CT molecular complexity index is 452. The minimum Gasteiger partial charge on any atom is -0.350 e. The van der Waals surface area contributed by atoms with E-state index in [1.165, 1.54) is 19.3 Å². The summed E-state index contributed by atoms with van der Waals surface area (Å²) in [5, 5.41) is 3.80. The van der Waals surface area contributed by atoms with E-state index in [1.807, 2.05) is 30.3 Å². The Balaban J connectivity index is 1.88. The topological polar surface area (TPSA) is 29.1 Å². The van der Waals surface area contributed by atoms with Crippen LogP contribution in [0, 0.1) is 5.92 Å². The summed E-state index contributed by atoms with van der Waals surface area (Å²) >= 11 is 5.82. The minimum atomic E-state index is -0.00583. The second-order valence-electron chi connectivity index (χ2n) is 5.26. The van der Waals surface area contributed by atoms with Gasteiger partial charge in [0.25, 0.3) is 0 Å². The third-order valence-electron chi connectivity index (χ3n) is 3.74. The molecule has 0 saturated heterocycles. The van der Waals surface area contributed by atoms with Crippen molar-refractivity contribution in [3.8, 4) is 0 Å². The molecule has 2 atom stereocenters. The summed E-state index contributed by atoms with van der Waals surface area (Å²) in [6, 6.07) is 7.77. The molecule has 0 bridgehead atoms. The molecule has 0 spiro atoms. The van der Waals surface area contributed by atoms with Crippen molar-refractivity contribution >= 4 is 23.6 Å². The number of halogens is 1. The molecule has 0 aromatic heterocycles. The lowest BCUT2D eigenvalue weighted by atomic mass is 9.86. The molecule has 19 heavy (non-hydrogen) atoms. The summed E-state index contributed by atoms with van der Waals surface area (Å²) in [5.41, 5.74) is 0.983. The Kier molecular flexibility index (Phi) is 5.03. The van der Waals surface area contributed by atoms with Crippen LogP contribution < -0.4 is 5.32 Å². The molecule has 2 nitrogen and oxygen atoms in total. The van der Waals surface area contributed by atoms with Crippen molar-refractivity contribution in [2.24, 2.45) is 5.92 Å². The van der Waals surface area contributed by atoms with Crippen LogP contribution in [0.15, 0.2) is 30.3 Å². The standard InChI is InChI=1S/C16H20ClNO/c1-12-4-2-3-5-15(12)18-16(19)11-8-13-6-9-14(17)10-7-13/h6-12,15H,2-5H2,1H3,(H,18,19)/b11-8+. The maximum absolute atomic E-state index is 11.9. The van der Waals surface area contributed by atoms with Crippen LogP contribution in [0.5, 0.6) is 0 Å². The van der Waals surface area contributed by atoms with Crippen molar-refractivity contribution in [2.45, 2.75) is 38.6 Å². The third kappa shape index (κ3) is 4.39. The van der Waals surface area contributed by atoms with Crippen LogP contribution in [-0.4, -0.2) is 11.9 Å². The maximum atomic E-state index is 11.9. The van der Waals surface area contributed by atoms with Crippen molar-refractivity contribution in [3.63, 3.8) is 0 Å². The van der Waals surface area contributed by atoms with E-state index >= 15 is 0 Å². The number of hydrogen-bond donors (Lipinski definition) is 1. The molecule has 3 heteroatoms. The molecule has 1 amide bonds. The van der Waals surface area contributed by atoms with Gasteiger partial charge in [-0.25, -0.2) is 0 Å². The lowest BCUT2D eigenvalue weighted by molar-refractivity contribution is -0.117. The molecule has 1 N–H and O–H groups in total. The van der Waals surface area contributed by atoms with Gasteiger partial charge in [0, 0.05) is 17.1 Å². The van der Waals surface area contributed by atoms with E-state index in [0.29, 0.717) is 17.0 Å². The summed E-state index contributed by atoms with van der Waals surface area (Å²) in [4.78, 5) is 11.9. The van der Waals surface area contributed by atoms with Crippen LogP contribution in [0.1, 0.15) is 38.2 Å². The predicted molar refractivity (Wildman–Crippen MR) is 80.0 cm³/mol. The molecule has 0 radical (unpaired) electrons. The summed E-state index contributed by atoms with van der Waals surface area (Å²) in [7, 11) is 0. The number of rotatable bonds is 3. The molecule has 1 aliphatic carbocycles. The van der Waals surface area contributed by atoms with Gasteiger partial charge in [-0.3, -0.25) is 4.79 Å². The number of carbonyl (C=O) groups excluding carboxylic acids is 1. The first-order valence-corrected chi connectivity index (χ1v) is 7.27. The SMILES string of the molecule is CC1CCCCC1NC(=O)/C=C/c1ccc(Cl)cc1. The van der Waals surface area contributed by atoms with E-state index in [2.05, 4.69) is 12.2 Å². The molecule has 1 saturated carbocycles. The number of nitrogens with one attached hydrogen (secondary N) is 1. The highest BCUT2D eigenvalue weighted by molar-refractivity contribution is 6.30. The molecule has 0 heterocycles. The number of benzene rings is 1. The number of carbonyl (C=O) groups is 1. The fourth-order valence-electron chi connectivity index (χ4n) is 2.51. The van der Waals surface area contributed by atoms with Gasteiger partial charge in [-0.2, -0.15) is 0 Å². The smallest absolute Gasteiger partial charge is 0.244 e. The van der Waals surface area contributed by atoms with Crippen molar-refractivity contribution in [1.82, 2.24) is 5.32 Å². The Morgan fingerprint density at radius 3 is 2.63 bits per heavy atom. The lowest BCUT2D eigenvalue weighted by Crippen LogP contribution is -2.40. The summed E-state index contributed by atoms with van der Waals surface area (Å²) in [6.07, 6.45) is 8.24. The molecular weight excluding hydrogens is 258 g/mol. The summed E-state index contributed by atoms with van der Waals surface area (Å²) in [5.74, 6) is 0.579. The molecular formula is C16H20ClNO. The molecule has 1 aromatic carbocycles. The van der Waals surface area contributed by atoms with E-state index in [-0.39, 0.29) is 5.91 Å². The lowest BCUT2D eigenvalue weighted by Gasteiger charge is -2.29. The van der Waals surface area contributed by atoms with Gasteiger partial charge >= 0.3 is 0 Å². The fourth-order valence-corrected chi connectivity index (χ4v) is 2.63. The Morgan fingerprint density at radius 2 is 1.95 bits per heavy atom. The van der Waals surface area contributed by atoms with E-state index < -0.39 is 0 Å². The van der Waals surface area contributed by atoms with Crippen LogP contribution in [-0.2, 0) is 4.79 Å². The summed E-state index contributed by atoms with van der Waals surface area (Å²) < 4.78 is 0. The van der Waals surface area contributed by atoms with Crippen molar-refractivity contribution in [1.29, 1.82) is 0 Å². The van der Waals surface area contributed by atoms with Gasteiger partial charge in [-0.15, -0.1) is 0 Å². The van der Waals surface area contributed by atoms with E-state index in [1.54, 1.807) is 6.08 Å². The van der Waals surface area contributed by atoms with Crippen LogP contribution in [0.25, 0.3) is 6.08 Å². The Labute approximate surface area is 119 Å². The molecule has 102 valence electrons. The van der Waals surface area contributed by atoms with Crippen LogP contribution in [0.2, 0.25) is 5.02 Å². The summed E-state index contributed by atoms with van der Waals surface area (Å²) in [6.45, 7) is 2.22. The van der Waals surface area contributed by atoms with E-state index in [0.717, 1.165) is 12.0 Å². The van der Waals surface area contributed by atoms with Gasteiger partial charge in [0.15, 0.2) is 0 Å². The van der Waals surface area contributed by atoms with E-state index in [4.69, 9.17) is 11.6 Å². The normalized spacial score (nSPS) is 23.5. The predicted octanol–water partition coefficient (Wildman–Crippen LogP) is 4.05. The van der Waals surface area contributed by atoms with Crippen LogP contribution in [0.4, 0.5) is 0 Å². The molecule has 1 aliphatic rings. The number of hydrogen-bond acceptors (Lipinski definition) is 1. The quantitative estimate of drug-likeness (QED) is 0.830. The largest absolute Gasteiger partial charge is 0.350 e. The highest BCUT2D eigenvalue weighted by atomic mass is 35.5. The van der Waals surface area contributed by atoms with Crippen LogP contribution in [0.3, 0.4) is 0 Å². The zero-order valence-electron chi connectivity index (χ0n) is 11.2. The first-order chi connectivity index (χ1) is 9.15. The first-order valence-electron chi connectivity index (χ1n) is 6.89. The monoisotopic (exact) mass is 277 g/mol. The molecule has 0 aliphatic heterocycles. The van der Waals surface area contributed by atoms with Gasteiger partial charge in [0.1, 0.15) is 0 Å². The molecule has 2 rings (SSSR count). The highest BCUT2D eigenvalue weighted by Crippen LogP contribution is 2.23. The van der Waals surface area contributed by atoms with Crippen molar-refractivity contribution in [2.75, 3.05) is 0 Å². The van der Waals surface area contributed by atoms with Gasteiger partial charge in [-0.05, 0) is 42.5 Å². The zero-order valence-corrected chi connectivity index (χ0v) is 12.0. The average Bonchev–Trinajstić information content (AvgIpc) is 2.41. The Hall–Kier alpha value is -1.28.